The number of aromatic nitrogens is 2. The van der Waals surface area contributed by atoms with Gasteiger partial charge in [0, 0.05) is 24.3 Å². The fourth-order valence-electron chi connectivity index (χ4n) is 3.37. The van der Waals surface area contributed by atoms with Crippen molar-refractivity contribution in [1.82, 2.24) is 9.55 Å². The third kappa shape index (κ3) is 1.84. The molecular weight excluding hydrogens is 246 g/mol. The Labute approximate surface area is 120 Å². The molecule has 0 spiro atoms. The molecule has 1 atom stereocenters. The van der Waals surface area contributed by atoms with Gasteiger partial charge in [-0.1, -0.05) is 32.0 Å². The van der Waals surface area contributed by atoms with E-state index in [-0.39, 0.29) is 0 Å². The van der Waals surface area contributed by atoms with Gasteiger partial charge < -0.3 is 9.88 Å². The van der Waals surface area contributed by atoms with E-state index in [1.54, 1.807) is 0 Å². The summed E-state index contributed by atoms with van der Waals surface area (Å²) in [5.74, 6) is 0.792. The van der Waals surface area contributed by atoms with E-state index in [9.17, 15) is 0 Å². The van der Waals surface area contributed by atoms with Gasteiger partial charge in [0.25, 0.3) is 0 Å². The molecule has 1 N–H and O–H groups in total. The number of nitrogens with zero attached hydrogens (tertiary/aromatic N) is 2. The van der Waals surface area contributed by atoms with Crippen LogP contribution < -0.4 is 5.32 Å². The lowest BCUT2D eigenvalue weighted by Crippen LogP contribution is -2.05. The van der Waals surface area contributed by atoms with Crippen LogP contribution in [0.5, 0.6) is 0 Å². The molecule has 0 saturated heterocycles. The van der Waals surface area contributed by atoms with Crippen LogP contribution in [0.25, 0.3) is 11.3 Å². The van der Waals surface area contributed by atoms with Gasteiger partial charge in [0.1, 0.15) is 0 Å². The number of anilines is 1. The zero-order valence-electron chi connectivity index (χ0n) is 12.2. The molecule has 2 aliphatic rings. The molecule has 0 bridgehead atoms. The lowest BCUT2D eigenvalue weighted by molar-refractivity contribution is 0.500. The second-order valence-electron chi connectivity index (χ2n) is 6.84. The summed E-state index contributed by atoms with van der Waals surface area (Å²) in [5.41, 5.74) is 5.81. The highest BCUT2D eigenvalue weighted by Crippen LogP contribution is 2.52. The van der Waals surface area contributed by atoms with Crippen molar-refractivity contribution in [3.8, 4) is 11.3 Å². The van der Waals surface area contributed by atoms with Crippen LogP contribution in [-0.4, -0.2) is 16.1 Å². The number of hydrogen-bond donors (Lipinski definition) is 1. The highest BCUT2D eigenvalue weighted by molar-refractivity contribution is 5.79. The summed E-state index contributed by atoms with van der Waals surface area (Å²) in [6, 6.07) is 6.60. The van der Waals surface area contributed by atoms with Crippen LogP contribution in [-0.2, 0) is 13.0 Å². The van der Waals surface area contributed by atoms with Crippen molar-refractivity contribution in [2.24, 2.45) is 11.3 Å². The monoisotopic (exact) mass is 267 g/mol. The fourth-order valence-corrected chi connectivity index (χ4v) is 3.37. The fraction of sp³-hybridized carbons (Fsp3) is 0.471. The van der Waals surface area contributed by atoms with Crippen LogP contribution in [0.3, 0.4) is 0 Å². The minimum Gasteiger partial charge on any atom is -0.384 e. The number of fused-ring (bicyclic) bond motifs is 1. The first-order chi connectivity index (χ1) is 9.65. The van der Waals surface area contributed by atoms with Crippen LogP contribution in [0.2, 0.25) is 0 Å². The van der Waals surface area contributed by atoms with Crippen LogP contribution in [0.15, 0.2) is 30.7 Å². The molecule has 2 aromatic rings. The molecule has 3 heteroatoms. The van der Waals surface area contributed by atoms with E-state index in [1.165, 1.54) is 28.9 Å². The predicted molar refractivity (Wildman–Crippen MR) is 81.7 cm³/mol. The molecule has 2 heterocycles. The number of rotatable bonds is 3. The summed E-state index contributed by atoms with van der Waals surface area (Å²) in [6.07, 6.45) is 6.45. The second-order valence-corrected chi connectivity index (χ2v) is 6.84. The third-order valence-corrected chi connectivity index (χ3v) is 4.97. The van der Waals surface area contributed by atoms with Crippen LogP contribution in [0, 0.1) is 11.3 Å². The first-order valence-electron chi connectivity index (χ1n) is 7.51. The van der Waals surface area contributed by atoms with Gasteiger partial charge in [-0.15, -0.1) is 0 Å². The summed E-state index contributed by atoms with van der Waals surface area (Å²) in [5, 5.41) is 3.53. The number of benzene rings is 1. The van der Waals surface area contributed by atoms with E-state index in [0.29, 0.717) is 5.41 Å². The Balaban J connectivity index is 1.70. The Morgan fingerprint density at radius 2 is 2.25 bits per heavy atom. The van der Waals surface area contributed by atoms with E-state index in [0.717, 1.165) is 25.4 Å². The molecule has 1 aliphatic heterocycles. The molecule has 20 heavy (non-hydrogen) atoms. The summed E-state index contributed by atoms with van der Waals surface area (Å²) in [7, 11) is 0. The molecule has 1 fully saturated rings. The first kappa shape index (κ1) is 12.0. The maximum Gasteiger partial charge on any atom is 0.0951 e. The molecule has 1 aliphatic carbocycles. The topological polar surface area (TPSA) is 29.9 Å². The molecule has 1 saturated carbocycles. The van der Waals surface area contributed by atoms with E-state index in [1.807, 2.05) is 12.5 Å². The zero-order chi connectivity index (χ0) is 13.7. The lowest BCUT2D eigenvalue weighted by atomic mass is 10.0. The molecule has 3 nitrogen and oxygen atoms in total. The van der Waals surface area contributed by atoms with Gasteiger partial charge in [-0.2, -0.15) is 0 Å². The van der Waals surface area contributed by atoms with Gasteiger partial charge in [0.15, 0.2) is 0 Å². The molecule has 104 valence electrons. The van der Waals surface area contributed by atoms with Crippen LogP contribution in [0.4, 0.5) is 5.69 Å². The van der Waals surface area contributed by atoms with E-state index >= 15 is 0 Å². The largest absolute Gasteiger partial charge is 0.384 e. The molecule has 1 unspecified atom stereocenters. The normalized spacial score (nSPS) is 22.4. The Kier molecular flexibility index (Phi) is 2.47. The minimum absolute atomic E-state index is 0.512. The van der Waals surface area contributed by atoms with Gasteiger partial charge in [-0.25, -0.2) is 4.98 Å². The Morgan fingerprint density at radius 3 is 3.05 bits per heavy atom. The first-order valence-corrected chi connectivity index (χ1v) is 7.51. The van der Waals surface area contributed by atoms with Crippen LogP contribution in [0.1, 0.15) is 25.8 Å². The Morgan fingerprint density at radius 1 is 1.40 bits per heavy atom. The van der Waals surface area contributed by atoms with Crippen LogP contribution >= 0.6 is 0 Å². The van der Waals surface area contributed by atoms with Gasteiger partial charge in [0.2, 0.25) is 0 Å². The summed E-state index contributed by atoms with van der Waals surface area (Å²) in [4.78, 5) is 4.39. The standard InChI is InChI=1S/C17H21N3/c1-17(2)8-13(17)10-20-11-18-9-15(20)14-5-3-4-12-6-7-19-16(12)14/h3-5,9,11,13,19H,6-8,10H2,1-2H3. The lowest BCUT2D eigenvalue weighted by Gasteiger charge is -2.13. The molecule has 1 aromatic heterocycles. The molecule has 4 rings (SSSR count). The SMILES string of the molecule is CC1(C)CC1Cn1cncc1-c1cccc2c1NCC2. The van der Waals surface area contributed by atoms with Gasteiger partial charge in [-0.3, -0.25) is 0 Å². The quantitative estimate of drug-likeness (QED) is 0.921. The summed E-state index contributed by atoms with van der Waals surface area (Å²) in [6.45, 7) is 6.86. The number of imidazole rings is 1. The highest BCUT2D eigenvalue weighted by atomic mass is 15.1. The van der Waals surface area contributed by atoms with Gasteiger partial charge >= 0.3 is 0 Å². The van der Waals surface area contributed by atoms with Crippen molar-refractivity contribution in [3.05, 3.63) is 36.3 Å². The molecule has 0 radical (unpaired) electrons. The van der Waals surface area contributed by atoms with Crippen molar-refractivity contribution >= 4 is 5.69 Å². The van der Waals surface area contributed by atoms with Crippen molar-refractivity contribution in [2.45, 2.75) is 33.2 Å². The number of nitrogens with one attached hydrogen (secondary N) is 1. The van der Waals surface area contributed by atoms with E-state index in [4.69, 9.17) is 0 Å². The molecule has 1 aromatic carbocycles. The number of para-hydroxylation sites is 1. The average molecular weight is 267 g/mol. The summed E-state index contributed by atoms with van der Waals surface area (Å²) < 4.78 is 2.33. The predicted octanol–water partition coefficient (Wildman–Crippen LogP) is 3.56. The highest BCUT2D eigenvalue weighted by Gasteiger charge is 2.45. The smallest absolute Gasteiger partial charge is 0.0951 e. The van der Waals surface area contributed by atoms with Gasteiger partial charge in [-0.05, 0) is 29.7 Å². The van der Waals surface area contributed by atoms with E-state index in [2.05, 4.69) is 46.9 Å². The zero-order valence-corrected chi connectivity index (χ0v) is 12.2. The Hall–Kier alpha value is -1.77. The second kappa shape index (κ2) is 4.11. The third-order valence-electron chi connectivity index (χ3n) is 4.97. The van der Waals surface area contributed by atoms with Crippen molar-refractivity contribution < 1.29 is 0 Å². The molecule has 0 amide bonds. The average Bonchev–Trinajstić information content (AvgIpc) is 2.86. The maximum atomic E-state index is 4.39. The maximum absolute atomic E-state index is 4.39. The van der Waals surface area contributed by atoms with E-state index < -0.39 is 0 Å². The Bertz CT molecular complexity index is 654. The van der Waals surface area contributed by atoms with Crippen molar-refractivity contribution in [1.29, 1.82) is 0 Å². The molecular formula is C17H21N3. The van der Waals surface area contributed by atoms with Crippen molar-refractivity contribution in [2.75, 3.05) is 11.9 Å². The van der Waals surface area contributed by atoms with Gasteiger partial charge in [0.05, 0.1) is 18.2 Å². The summed E-state index contributed by atoms with van der Waals surface area (Å²) >= 11 is 0. The number of hydrogen-bond acceptors (Lipinski definition) is 2. The minimum atomic E-state index is 0.512. The van der Waals surface area contributed by atoms with Crippen molar-refractivity contribution in [3.63, 3.8) is 0 Å².